The Morgan fingerprint density at radius 2 is 1.22 bits per heavy atom. The monoisotopic (exact) mass is 563 g/mol. The molecule has 0 spiro atoms. The van der Waals surface area contributed by atoms with Crippen LogP contribution in [0.2, 0.25) is 0 Å². The summed E-state index contributed by atoms with van der Waals surface area (Å²) in [5.41, 5.74) is 0.171. The van der Waals surface area contributed by atoms with E-state index < -0.39 is 59.5 Å². The molecule has 212 valence electrons. The van der Waals surface area contributed by atoms with Crippen molar-refractivity contribution in [1.29, 1.82) is 0 Å². The number of hydrogen-bond donors (Lipinski definition) is 0. The van der Waals surface area contributed by atoms with Crippen molar-refractivity contribution in [2.24, 2.45) is 0 Å². The van der Waals surface area contributed by atoms with E-state index in [1.807, 2.05) is 0 Å². The van der Waals surface area contributed by atoms with Gasteiger partial charge in [0, 0.05) is 19.1 Å². The third kappa shape index (κ3) is 7.11. The summed E-state index contributed by atoms with van der Waals surface area (Å²) in [6, 6.07) is 20.7. The van der Waals surface area contributed by atoms with E-state index in [2.05, 4.69) is 0 Å². The molecular weight excluding hydrogens is 538 g/mol. The average Bonchev–Trinajstić information content (AvgIpc) is 3.29. The fraction of sp³-hybridized carbons (Fsp3) is 0.241. The van der Waals surface area contributed by atoms with E-state index in [-0.39, 0.29) is 22.4 Å². The Morgan fingerprint density at radius 3 is 1.71 bits per heavy atom. The Kier molecular flexibility index (Phi) is 9.05. The van der Waals surface area contributed by atoms with Crippen molar-refractivity contribution in [1.82, 2.24) is 0 Å². The summed E-state index contributed by atoms with van der Waals surface area (Å²) in [6.07, 6.45) is -6.68. The Bertz CT molecular complexity index is 1410. The Morgan fingerprint density at radius 1 is 0.732 bits per heavy atom. The molecular formula is C29H25NO11. The van der Waals surface area contributed by atoms with Crippen LogP contribution in [0.5, 0.6) is 0 Å². The smallest absolute Gasteiger partial charge is 0.338 e. The van der Waals surface area contributed by atoms with E-state index in [4.69, 9.17) is 23.7 Å². The van der Waals surface area contributed by atoms with E-state index in [0.717, 1.165) is 19.1 Å². The molecule has 0 radical (unpaired) electrons. The molecule has 1 heterocycles. The van der Waals surface area contributed by atoms with E-state index in [9.17, 15) is 29.3 Å². The SMILES string of the molecule is CC(=O)OC1O[C@H]([C@@H](C)OC(=O)c2ccc([N+](=O)[O-])cc2)[C@@H](OC(=O)c2ccccc2)[C@H]1OC(=O)c1ccccc1. The first-order valence-electron chi connectivity index (χ1n) is 12.4. The van der Waals surface area contributed by atoms with Crippen molar-refractivity contribution in [2.75, 3.05) is 0 Å². The summed E-state index contributed by atoms with van der Waals surface area (Å²) >= 11 is 0. The van der Waals surface area contributed by atoms with Gasteiger partial charge in [0.2, 0.25) is 12.4 Å². The van der Waals surface area contributed by atoms with E-state index in [1.54, 1.807) is 36.4 Å². The maximum atomic E-state index is 13.0. The summed E-state index contributed by atoms with van der Waals surface area (Å²) in [7, 11) is 0. The van der Waals surface area contributed by atoms with Crippen LogP contribution in [-0.4, -0.2) is 59.5 Å². The topological polar surface area (TPSA) is 158 Å². The van der Waals surface area contributed by atoms with Crippen molar-refractivity contribution in [3.05, 3.63) is 112 Å². The molecule has 0 N–H and O–H groups in total. The molecule has 3 aromatic rings. The van der Waals surface area contributed by atoms with Crippen LogP contribution in [0.15, 0.2) is 84.9 Å². The minimum absolute atomic E-state index is 0.0156. The maximum absolute atomic E-state index is 13.0. The highest BCUT2D eigenvalue weighted by Crippen LogP contribution is 2.32. The largest absolute Gasteiger partial charge is 0.456 e. The van der Waals surface area contributed by atoms with Gasteiger partial charge in [-0.05, 0) is 43.3 Å². The number of rotatable bonds is 9. The standard InChI is InChI=1S/C29H25NO11/c1-17(37-26(32)21-13-15-22(16-14-21)30(35)36)23-24(39-27(33)19-9-5-3-6-10-19)25(29(41-23)38-18(2)31)40-28(34)20-11-7-4-8-12-20/h3-17,23-25,29H,1-2H3/t17-,23-,24-,25-,29?/m1/s1. The molecule has 41 heavy (non-hydrogen) atoms. The zero-order valence-electron chi connectivity index (χ0n) is 21.9. The van der Waals surface area contributed by atoms with Crippen molar-refractivity contribution >= 4 is 29.6 Å². The van der Waals surface area contributed by atoms with Gasteiger partial charge >= 0.3 is 23.9 Å². The lowest BCUT2D eigenvalue weighted by molar-refractivity contribution is -0.384. The lowest BCUT2D eigenvalue weighted by atomic mass is 10.1. The third-order valence-corrected chi connectivity index (χ3v) is 6.06. The van der Waals surface area contributed by atoms with Crippen LogP contribution < -0.4 is 0 Å². The van der Waals surface area contributed by atoms with Crippen LogP contribution in [0.3, 0.4) is 0 Å². The predicted molar refractivity (Wildman–Crippen MR) is 140 cm³/mol. The molecule has 1 aliphatic heterocycles. The second kappa shape index (κ2) is 12.8. The zero-order valence-corrected chi connectivity index (χ0v) is 21.9. The molecule has 12 nitrogen and oxygen atoms in total. The quantitative estimate of drug-likeness (QED) is 0.161. The minimum atomic E-state index is -1.50. The number of nitrogens with zero attached hydrogens (tertiary/aromatic N) is 1. The number of esters is 4. The Hall–Kier alpha value is -5.10. The Balaban J connectivity index is 1.62. The van der Waals surface area contributed by atoms with Gasteiger partial charge in [-0.15, -0.1) is 0 Å². The molecule has 0 saturated carbocycles. The van der Waals surface area contributed by atoms with Gasteiger partial charge in [-0.2, -0.15) is 0 Å². The number of non-ortho nitro benzene ring substituents is 1. The lowest BCUT2D eigenvalue weighted by Gasteiger charge is -2.26. The average molecular weight is 564 g/mol. The highest BCUT2D eigenvalue weighted by molar-refractivity contribution is 5.91. The van der Waals surface area contributed by atoms with Gasteiger partial charge in [-0.1, -0.05) is 36.4 Å². The van der Waals surface area contributed by atoms with Gasteiger partial charge < -0.3 is 23.7 Å². The number of benzene rings is 3. The summed E-state index contributed by atoms with van der Waals surface area (Å²) < 4.78 is 28.0. The number of carbonyl (C=O) groups is 4. The fourth-order valence-electron chi connectivity index (χ4n) is 4.10. The van der Waals surface area contributed by atoms with Crippen molar-refractivity contribution in [2.45, 2.75) is 44.6 Å². The van der Waals surface area contributed by atoms with Crippen molar-refractivity contribution in [3.63, 3.8) is 0 Å². The van der Waals surface area contributed by atoms with E-state index in [1.165, 1.54) is 43.3 Å². The van der Waals surface area contributed by atoms with Crippen LogP contribution in [-0.2, 0) is 28.5 Å². The molecule has 0 aliphatic carbocycles. The van der Waals surface area contributed by atoms with Gasteiger partial charge in [0.15, 0.2) is 6.10 Å². The van der Waals surface area contributed by atoms with Crippen LogP contribution in [0, 0.1) is 10.1 Å². The van der Waals surface area contributed by atoms with Crippen LogP contribution in [0.4, 0.5) is 5.69 Å². The minimum Gasteiger partial charge on any atom is -0.456 e. The van der Waals surface area contributed by atoms with Gasteiger partial charge in [0.25, 0.3) is 5.69 Å². The Labute approximate surface area is 233 Å². The number of carbonyl (C=O) groups excluding carboxylic acids is 4. The first kappa shape index (κ1) is 28.9. The third-order valence-electron chi connectivity index (χ3n) is 6.06. The summed E-state index contributed by atoms with van der Waals surface area (Å²) in [5, 5.41) is 10.9. The number of hydrogen-bond acceptors (Lipinski definition) is 11. The maximum Gasteiger partial charge on any atom is 0.338 e. The van der Waals surface area contributed by atoms with Gasteiger partial charge in [-0.3, -0.25) is 14.9 Å². The van der Waals surface area contributed by atoms with Crippen molar-refractivity contribution in [3.8, 4) is 0 Å². The molecule has 5 atom stereocenters. The molecule has 1 unspecified atom stereocenters. The highest BCUT2D eigenvalue weighted by atomic mass is 16.8. The molecule has 0 bridgehead atoms. The molecule has 0 aromatic heterocycles. The fourth-order valence-corrected chi connectivity index (χ4v) is 4.10. The van der Waals surface area contributed by atoms with E-state index in [0.29, 0.717) is 0 Å². The predicted octanol–water partition coefficient (Wildman–Crippen LogP) is 3.88. The van der Waals surface area contributed by atoms with E-state index >= 15 is 0 Å². The molecule has 3 aromatic carbocycles. The number of ether oxygens (including phenoxy) is 5. The number of nitro benzene ring substituents is 1. The van der Waals surface area contributed by atoms with Gasteiger partial charge in [0.1, 0.15) is 12.2 Å². The van der Waals surface area contributed by atoms with Gasteiger partial charge in [-0.25, -0.2) is 14.4 Å². The molecule has 12 heteroatoms. The summed E-state index contributed by atoms with van der Waals surface area (Å²) in [4.78, 5) is 61.0. The summed E-state index contributed by atoms with van der Waals surface area (Å²) in [6.45, 7) is 2.57. The molecule has 0 amide bonds. The second-order valence-electron chi connectivity index (χ2n) is 8.96. The van der Waals surface area contributed by atoms with Crippen LogP contribution in [0.1, 0.15) is 44.9 Å². The number of nitro groups is 1. The zero-order chi connectivity index (χ0) is 29.5. The van der Waals surface area contributed by atoms with Gasteiger partial charge in [0.05, 0.1) is 21.6 Å². The van der Waals surface area contributed by atoms with Crippen molar-refractivity contribution < 1.29 is 47.8 Å². The molecule has 4 rings (SSSR count). The lowest BCUT2D eigenvalue weighted by Crippen LogP contribution is -2.45. The van der Waals surface area contributed by atoms with Crippen LogP contribution in [0.25, 0.3) is 0 Å². The first-order chi connectivity index (χ1) is 19.6. The first-order valence-corrected chi connectivity index (χ1v) is 12.4. The second-order valence-corrected chi connectivity index (χ2v) is 8.96. The highest BCUT2D eigenvalue weighted by Gasteiger charge is 2.54. The molecule has 1 aliphatic rings. The molecule has 1 saturated heterocycles. The normalized spacial score (nSPS) is 20.3. The van der Waals surface area contributed by atoms with Crippen LogP contribution >= 0.6 is 0 Å². The summed E-state index contributed by atoms with van der Waals surface area (Å²) in [5.74, 6) is -3.20. The molecule has 1 fully saturated rings.